The highest BCUT2D eigenvalue weighted by molar-refractivity contribution is 7.99. The highest BCUT2D eigenvalue weighted by atomic mass is 32.2. The minimum absolute atomic E-state index is 0.0560. The minimum Gasteiger partial charge on any atom is -0.497 e. The number of rotatable bonds is 10. The Kier molecular flexibility index (Phi) is 8.00. The van der Waals surface area contributed by atoms with Crippen LogP contribution in [0.5, 0.6) is 5.75 Å². The minimum atomic E-state index is -0.119. The van der Waals surface area contributed by atoms with Crippen LogP contribution in [0.4, 0.5) is 0 Å². The lowest BCUT2D eigenvalue weighted by molar-refractivity contribution is -0.120. The molecule has 32 heavy (non-hydrogen) atoms. The van der Waals surface area contributed by atoms with Crippen molar-refractivity contribution in [1.29, 1.82) is 5.26 Å². The van der Waals surface area contributed by atoms with Crippen LogP contribution in [0.15, 0.2) is 53.7 Å². The summed E-state index contributed by atoms with van der Waals surface area (Å²) in [6.45, 7) is 2.82. The molecule has 1 N–H and O–H groups in total. The van der Waals surface area contributed by atoms with Gasteiger partial charge in [-0.05, 0) is 36.8 Å². The number of amides is 1. The number of ether oxygens (including phenoxy) is 1. The Morgan fingerprint density at radius 1 is 1.12 bits per heavy atom. The van der Waals surface area contributed by atoms with Crippen LogP contribution in [0.1, 0.15) is 34.2 Å². The van der Waals surface area contributed by atoms with E-state index in [1.165, 1.54) is 11.8 Å². The maximum Gasteiger partial charge on any atom is 0.224 e. The maximum atomic E-state index is 12.4. The van der Waals surface area contributed by atoms with Crippen molar-refractivity contribution < 1.29 is 14.3 Å². The van der Waals surface area contributed by atoms with E-state index in [4.69, 9.17) is 10.00 Å². The van der Waals surface area contributed by atoms with Crippen molar-refractivity contribution in [3.05, 3.63) is 71.0 Å². The van der Waals surface area contributed by atoms with E-state index in [1.54, 1.807) is 31.4 Å². The molecule has 8 nitrogen and oxygen atoms in total. The number of nitriles is 1. The van der Waals surface area contributed by atoms with Gasteiger partial charge in [0.1, 0.15) is 5.75 Å². The second-order valence-electron chi connectivity index (χ2n) is 6.85. The zero-order valence-electron chi connectivity index (χ0n) is 17.9. The van der Waals surface area contributed by atoms with E-state index in [1.807, 2.05) is 41.8 Å². The number of carbonyl (C=O) groups excluding carboxylic acids is 2. The van der Waals surface area contributed by atoms with Gasteiger partial charge in [0.25, 0.3) is 0 Å². The first-order chi connectivity index (χ1) is 15.5. The lowest BCUT2D eigenvalue weighted by Gasteiger charge is -2.09. The molecule has 164 valence electrons. The standard InChI is InChI=1S/C23H23N5O3S/c1-3-28-21(14-25-22(30)12-16-6-10-19(31-2)11-7-16)26-27-23(28)32-15-20(29)18-8-4-17(13-24)5-9-18/h4-11H,3,12,14-15H2,1-2H3,(H,25,30). The highest BCUT2D eigenvalue weighted by Gasteiger charge is 2.15. The van der Waals surface area contributed by atoms with E-state index < -0.39 is 0 Å². The van der Waals surface area contributed by atoms with Crippen molar-refractivity contribution >= 4 is 23.5 Å². The number of ketones is 1. The van der Waals surface area contributed by atoms with Gasteiger partial charge in [0.05, 0.1) is 37.5 Å². The summed E-state index contributed by atoms with van der Waals surface area (Å²) in [7, 11) is 1.60. The Bertz CT molecular complexity index is 1120. The molecule has 1 amide bonds. The lowest BCUT2D eigenvalue weighted by Crippen LogP contribution is -2.26. The fourth-order valence-corrected chi connectivity index (χ4v) is 3.90. The van der Waals surface area contributed by atoms with E-state index in [-0.39, 0.29) is 30.4 Å². The predicted molar refractivity (Wildman–Crippen MR) is 120 cm³/mol. The molecule has 0 saturated carbocycles. The molecule has 0 radical (unpaired) electrons. The van der Waals surface area contributed by atoms with Crippen LogP contribution < -0.4 is 10.1 Å². The lowest BCUT2D eigenvalue weighted by atomic mass is 10.1. The van der Waals surface area contributed by atoms with Gasteiger partial charge in [-0.15, -0.1) is 10.2 Å². The third-order valence-corrected chi connectivity index (χ3v) is 5.71. The summed E-state index contributed by atoms with van der Waals surface area (Å²) in [5.74, 6) is 1.40. The van der Waals surface area contributed by atoms with Crippen LogP contribution in [0.2, 0.25) is 0 Å². The van der Waals surface area contributed by atoms with Gasteiger partial charge in [-0.1, -0.05) is 36.0 Å². The number of nitrogens with zero attached hydrogens (tertiary/aromatic N) is 4. The zero-order chi connectivity index (χ0) is 22.9. The molecule has 9 heteroatoms. The number of thioether (sulfide) groups is 1. The van der Waals surface area contributed by atoms with Gasteiger partial charge in [-0.2, -0.15) is 5.26 Å². The van der Waals surface area contributed by atoms with E-state index in [9.17, 15) is 9.59 Å². The molecule has 0 aliphatic rings. The molecule has 1 heterocycles. The van der Waals surface area contributed by atoms with Crippen LogP contribution in [0.3, 0.4) is 0 Å². The molecule has 0 saturated heterocycles. The average Bonchev–Trinajstić information content (AvgIpc) is 3.23. The van der Waals surface area contributed by atoms with Crippen molar-refractivity contribution in [3.8, 4) is 11.8 Å². The predicted octanol–water partition coefficient (Wildman–Crippen LogP) is 3.01. The Balaban J connectivity index is 1.54. The molecular weight excluding hydrogens is 426 g/mol. The number of hydrogen-bond donors (Lipinski definition) is 1. The molecular formula is C23H23N5O3S. The largest absolute Gasteiger partial charge is 0.497 e. The molecule has 2 aromatic carbocycles. The van der Waals surface area contributed by atoms with Crippen LogP contribution in [-0.4, -0.2) is 39.3 Å². The molecule has 3 rings (SSSR count). The van der Waals surface area contributed by atoms with Crippen molar-refractivity contribution in [3.63, 3.8) is 0 Å². The first kappa shape index (κ1) is 23.0. The van der Waals surface area contributed by atoms with Crippen molar-refractivity contribution in [1.82, 2.24) is 20.1 Å². The molecule has 0 atom stereocenters. The average molecular weight is 450 g/mol. The van der Waals surface area contributed by atoms with Gasteiger partial charge in [-0.3, -0.25) is 9.59 Å². The Labute approximate surface area is 190 Å². The van der Waals surface area contributed by atoms with Gasteiger partial charge in [0.2, 0.25) is 5.91 Å². The number of nitrogens with one attached hydrogen (secondary N) is 1. The molecule has 0 unspecified atom stereocenters. The topological polar surface area (TPSA) is 110 Å². The monoisotopic (exact) mass is 449 g/mol. The van der Waals surface area contributed by atoms with Gasteiger partial charge in [-0.25, -0.2) is 0 Å². The molecule has 0 spiro atoms. The van der Waals surface area contributed by atoms with Gasteiger partial charge in [0, 0.05) is 12.1 Å². The molecule has 1 aromatic heterocycles. The molecule has 0 bridgehead atoms. The first-order valence-corrected chi connectivity index (χ1v) is 11.0. The Morgan fingerprint density at radius 3 is 2.47 bits per heavy atom. The van der Waals surface area contributed by atoms with Gasteiger partial charge in [0.15, 0.2) is 16.8 Å². The third kappa shape index (κ3) is 5.95. The normalized spacial score (nSPS) is 10.4. The number of aromatic nitrogens is 3. The Hall–Kier alpha value is -3.64. The van der Waals surface area contributed by atoms with Crippen LogP contribution >= 0.6 is 11.8 Å². The number of methoxy groups -OCH3 is 1. The fraction of sp³-hybridized carbons (Fsp3) is 0.261. The molecule has 0 fully saturated rings. The van der Waals surface area contributed by atoms with Crippen molar-refractivity contribution in [2.75, 3.05) is 12.9 Å². The number of carbonyl (C=O) groups is 2. The second-order valence-corrected chi connectivity index (χ2v) is 7.79. The van der Waals surface area contributed by atoms with Crippen LogP contribution in [-0.2, 0) is 24.3 Å². The number of hydrogen-bond acceptors (Lipinski definition) is 7. The molecule has 0 aliphatic carbocycles. The second kappa shape index (κ2) is 11.1. The van der Waals surface area contributed by atoms with E-state index >= 15 is 0 Å². The summed E-state index contributed by atoms with van der Waals surface area (Å²) in [6.07, 6.45) is 0.255. The van der Waals surface area contributed by atoms with E-state index in [2.05, 4.69) is 15.5 Å². The van der Waals surface area contributed by atoms with Crippen LogP contribution in [0, 0.1) is 11.3 Å². The highest BCUT2D eigenvalue weighted by Crippen LogP contribution is 2.19. The molecule has 3 aromatic rings. The van der Waals surface area contributed by atoms with Crippen molar-refractivity contribution in [2.24, 2.45) is 0 Å². The van der Waals surface area contributed by atoms with E-state index in [0.717, 1.165) is 11.3 Å². The summed E-state index contributed by atoms with van der Waals surface area (Å²) in [6, 6.07) is 15.9. The van der Waals surface area contributed by atoms with Crippen LogP contribution in [0.25, 0.3) is 0 Å². The maximum absolute atomic E-state index is 12.4. The number of benzene rings is 2. The smallest absolute Gasteiger partial charge is 0.224 e. The summed E-state index contributed by atoms with van der Waals surface area (Å²) in [4.78, 5) is 24.7. The van der Waals surface area contributed by atoms with Gasteiger partial charge >= 0.3 is 0 Å². The van der Waals surface area contributed by atoms with E-state index in [0.29, 0.717) is 28.7 Å². The summed E-state index contributed by atoms with van der Waals surface area (Å²) >= 11 is 1.30. The summed E-state index contributed by atoms with van der Waals surface area (Å²) in [5, 5.41) is 20.7. The molecule has 0 aliphatic heterocycles. The van der Waals surface area contributed by atoms with Gasteiger partial charge < -0.3 is 14.6 Å². The number of Topliss-reactive ketones (excluding diaryl/α,β-unsaturated/α-hetero) is 1. The summed E-state index contributed by atoms with van der Waals surface area (Å²) < 4.78 is 7.00. The zero-order valence-corrected chi connectivity index (χ0v) is 18.7. The Morgan fingerprint density at radius 2 is 1.84 bits per heavy atom. The fourth-order valence-electron chi connectivity index (χ4n) is 2.99. The quantitative estimate of drug-likeness (QED) is 0.374. The summed E-state index contributed by atoms with van der Waals surface area (Å²) in [5.41, 5.74) is 1.95. The third-order valence-electron chi connectivity index (χ3n) is 4.75. The van der Waals surface area contributed by atoms with Crippen molar-refractivity contribution in [2.45, 2.75) is 31.6 Å². The SMILES string of the molecule is CCn1c(CNC(=O)Cc2ccc(OC)cc2)nnc1SCC(=O)c1ccc(C#N)cc1. The first-order valence-electron chi connectivity index (χ1n) is 10.0.